The first kappa shape index (κ1) is 18.5. The molecule has 1 aromatic heterocycles. The Labute approximate surface area is 160 Å². The monoisotopic (exact) mass is 374 g/mol. The van der Waals surface area contributed by atoms with E-state index < -0.39 is 0 Å². The number of carbonyl (C=O) groups is 2. The van der Waals surface area contributed by atoms with E-state index in [0.29, 0.717) is 17.9 Å². The number of carbonyl (C=O) groups excluding carboxylic acids is 2. The molecule has 1 aliphatic carbocycles. The molecular formula is C20H30N4O3. The molecule has 3 aliphatic rings. The minimum absolute atomic E-state index is 0.0320. The molecule has 27 heavy (non-hydrogen) atoms. The lowest BCUT2D eigenvalue weighted by molar-refractivity contribution is -0.134. The van der Waals surface area contributed by atoms with E-state index >= 15 is 0 Å². The molecule has 2 fully saturated rings. The van der Waals surface area contributed by atoms with Gasteiger partial charge >= 0.3 is 0 Å². The summed E-state index contributed by atoms with van der Waals surface area (Å²) in [7, 11) is 0. The summed E-state index contributed by atoms with van der Waals surface area (Å²) >= 11 is 0. The number of aromatic nitrogens is 1. The number of rotatable bonds is 5. The van der Waals surface area contributed by atoms with E-state index in [-0.39, 0.29) is 24.4 Å². The molecule has 1 aromatic rings. The van der Waals surface area contributed by atoms with Gasteiger partial charge in [-0.15, -0.1) is 0 Å². The normalized spacial score (nSPS) is 26.3. The summed E-state index contributed by atoms with van der Waals surface area (Å²) in [4.78, 5) is 28.2. The van der Waals surface area contributed by atoms with Gasteiger partial charge in [0.05, 0.1) is 6.54 Å². The van der Waals surface area contributed by atoms with Gasteiger partial charge in [-0.05, 0) is 24.7 Å². The largest absolute Gasteiger partial charge is 0.361 e. The number of aryl methyl sites for hydroxylation is 1. The van der Waals surface area contributed by atoms with Crippen molar-refractivity contribution in [2.75, 3.05) is 19.6 Å². The third-order valence-corrected chi connectivity index (χ3v) is 6.42. The second-order valence-corrected chi connectivity index (χ2v) is 9.02. The van der Waals surface area contributed by atoms with Crippen molar-refractivity contribution >= 4 is 11.8 Å². The topological polar surface area (TPSA) is 78.7 Å². The molecule has 2 amide bonds. The molecule has 0 radical (unpaired) electrons. The lowest BCUT2D eigenvalue weighted by Gasteiger charge is -2.34. The minimum Gasteiger partial charge on any atom is -0.361 e. The van der Waals surface area contributed by atoms with Gasteiger partial charge in [-0.3, -0.25) is 14.5 Å². The zero-order valence-corrected chi connectivity index (χ0v) is 16.6. The molecular weight excluding hydrogens is 344 g/mol. The van der Waals surface area contributed by atoms with E-state index in [1.165, 1.54) is 5.56 Å². The summed E-state index contributed by atoms with van der Waals surface area (Å²) in [5.74, 6) is 1.02. The Hall–Kier alpha value is -1.89. The summed E-state index contributed by atoms with van der Waals surface area (Å²) in [6.45, 7) is 8.96. The maximum absolute atomic E-state index is 12.4. The average molecular weight is 374 g/mol. The molecule has 0 unspecified atom stereocenters. The predicted octanol–water partition coefficient (Wildman–Crippen LogP) is 1.50. The molecule has 2 atom stereocenters. The zero-order chi connectivity index (χ0) is 19.2. The third-order valence-electron chi connectivity index (χ3n) is 6.42. The predicted molar refractivity (Wildman–Crippen MR) is 99.9 cm³/mol. The summed E-state index contributed by atoms with van der Waals surface area (Å²) in [6.07, 6.45) is 4.58. The van der Waals surface area contributed by atoms with Gasteiger partial charge in [0.1, 0.15) is 11.5 Å². The lowest BCUT2D eigenvalue weighted by atomic mass is 9.76. The number of hydrogen-bond acceptors (Lipinski definition) is 5. The molecule has 1 N–H and O–H groups in total. The van der Waals surface area contributed by atoms with Gasteiger partial charge < -0.3 is 14.7 Å². The number of nitrogens with zero attached hydrogens (tertiary/aromatic N) is 3. The van der Waals surface area contributed by atoms with Crippen molar-refractivity contribution in [3.05, 3.63) is 17.0 Å². The maximum Gasteiger partial charge on any atom is 0.242 e. The number of nitrogens with one attached hydrogen (secondary N) is 1. The zero-order valence-electron chi connectivity index (χ0n) is 16.6. The Morgan fingerprint density at radius 2 is 2.11 bits per heavy atom. The molecule has 2 bridgehead atoms. The van der Waals surface area contributed by atoms with Gasteiger partial charge in [0.25, 0.3) is 0 Å². The Kier molecular flexibility index (Phi) is 4.74. The van der Waals surface area contributed by atoms with E-state index in [2.05, 4.69) is 29.2 Å². The van der Waals surface area contributed by atoms with Crippen molar-refractivity contribution < 1.29 is 14.1 Å². The van der Waals surface area contributed by atoms with Crippen LogP contribution in [0, 0.1) is 5.41 Å². The van der Waals surface area contributed by atoms with Crippen LogP contribution in [0.1, 0.15) is 57.1 Å². The smallest absolute Gasteiger partial charge is 0.242 e. The average Bonchev–Trinajstić information content (AvgIpc) is 3.33. The standard InChI is InChI=1S/C20H30N4O3/c1-4-18(25)21-9-19(26)24-11-13-7-14(24)10-23(13)12-16-15-8-20(2,3)6-5-17(15)27-22-16/h13-14H,4-12H2,1-3H3,(H,21,25)/t13-,14-/m0/s1. The quantitative estimate of drug-likeness (QED) is 0.845. The van der Waals surface area contributed by atoms with Crippen molar-refractivity contribution in [1.82, 2.24) is 20.3 Å². The van der Waals surface area contributed by atoms with Gasteiger partial charge in [-0.1, -0.05) is 25.9 Å². The molecule has 2 aliphatic heterocycles. The third kappa shape index (κ3) is 3.61. The molecule has 3 heterocycles. The first-order valence-electron chi connectivity index (χ1n) is 10.1. The molecule has 2 saturated heterocycles. The van der Waals surface area contributed by atoms with Crippen LogP contribution in [0.3, 0.4) is 0 Å². The van der Waals surface area contributed by atoms with Gasteiger partial charge in [-0.2, -0.15) is 0 Å². The van der Waals surface area contributed by atoms with E-state index in [1.807, 2.05) is 4.90 Å². The van der Waals surface area contributed by atoms with E-state index in [1.54, 1.807) is 6.92 Å². The molecule has 7 heteroatoms. The van der Waals surface area contributed by atoms with Crippen LogP contribution in [0.5, 0.6) is 0 Å². The van der Waals surface area contributed by atoms with Gasteiger partial charge in [0, 0.05) is 50.1 Å². The second kappa shape index (κ2) is 6.93. The Morgan fingerprint density at radius 1 is 1.30 bits per heavy atom. The van der Waals surface area contributed by atoms with Gasteiger partial charge in [-0.25, -0.2) is 0 Å². The van der Waals surface area contributed by atoms with Crippen LogP contribution in [0.2, 0.25) is 0 Å². The summed E-state index contributed by atoms with van der Waals surface area (Å²) in [6, 6.07) is 0.630. The number of hydrogen-bond donors (Lipinski definition) is 1. The number of amides is 2. The van der Waals surface area contributed by atoms with Crippen LogP contribution in [0.25, 0.3) is 0 Å². The maximum atomic E-state index is 12.4. The highest BCUT2D eigenvalue weighted by Crippen LogP contribution is 2.38. The van der Waals surface area contributed by atoms with E-state index in [9.17, 15) is 9.59 Å². The van der Waals surface area contributed by atoms with Gasteiger partial charge in [0.2, 0.25) is 11.8 Å². The number of likely N-dealkylation sites (tertiary alicyclic amines) is 2. The first-order chi connectivity index (χ1) is 12.9. The fraction of sp³-hybridized carbons (Fsp3) is 0.750. The summed E-state index contributed by atoms with van der Waals surface area (Å²) in [5, 5.41) is 7.07. The van der Waals surface area contributed by atoms with Crippen LogP contribution in [0.4, 0.5) is 0 Å². The fourth-order valence-electron chi connectivity index (χ4n) is 4.76. The molecule has 0 aromatic carbocycles. The fourth-order valence-corrected chi connectivity index (χ4v) is 4.76. The highest BCUT2D eigenvalue weighted by atomic mass is 16.5. The number of fused-ring (bicyclic) bond motifs is 3. The lowest BCUT2D eigenvalue weighted by Crippen LogP contribution is -2.51. The Balaban J connectivity index is 1.35. The minimum atomic E-state index is -0.0759. The summed E-state index contributed by atoms with van der Waals surface area (Å²) in [5.41, 5.74) is 2.70. The highest BCUT2D eigenvalue weighted by molar-refractivity contribution is 5.85. The van der Waals surface area contributed by atoms with Crippen LogP contribution >= 0.6 is 0 Å². The molecule has 0 saturated carbocycles. The summed E-state index contributed by atoms with van der Waals surface area (Å²) < 4.78 is 5.61. The van der Waals surface area contributed by atoms with Crippen molar-refractivity contribution in [1.29, 1.82) is 0 Å². The molecule has 148 valence electrons. The molecule has 0 spiro atoms. The van der Waals surface area contributed by atoms with Crippen molar-refractivity contribution in [3.8, 4) is 0 Å². The van der Waals surface area contributed by atoms with Crippen molar-refractivity contribution in [2.24, 2.45) is 5.41 Å². The van der Waals surface area contributed by atoms with Crippen LogP contribution < -0.4 is 5.32 Å². The Bertz CT molecular complexity index is 742. The number of piperazine rings is 1. The van der Waals surface area contributed by atoms with Crippen LogP contribution in [0.15, 0.2) is 4.52 Å². The van der Waals surface area contributed by atoms with Crippen LogP contribution in [-0.2, 0) is 29.0 Å². The SMILES string of the molecule is CCC(=O)NCC(=O)N1C[C@@H]2C[C@H]1CN2Cc1noc2c1CC(C)(C)CC2. The Morgan fingerprint density at radius 3 is 2.81 bits per heavy atom. The van der Waals surface area contributed by atoms with Crippen LogP contribution in [-0.4, -0.2) is 58.5 Å². The molecule has 7 nitrogen and oxygen atoms in total. The first-order valence-corrected chi connectivity index (χ1v) is 10.1. The van der Waals surface area contributed by atoms with E-state index in [0.717, 1.165) is 56.8 Å². The molecule has 4 rings (SSSR count). The highest BCUT2D eigenvalue weighted by Gasteiger charge is 2.45. The van der Waals surface area contributed by atoms with Crippen molar-refractivity contribution in [3.63, 3.8) is 0 Å². The van der Waals surface area contributed by atoms with Crippen molar-refractivity contribution in [2.45, 2.75) is 71.5 Å². The second-order valence-electron chi connectivity index (χ2n) is 9.02. The van der Waals surface area contributed by atoms with Gasteiger partial charge in [0.15, 0.2) is 0 Å². The van der Waals surface area contributed by atoms with E-state index in [4.69, 9.17) is 4.52 Å².